The van der Waals surface area contributed by atoms with Gasteiger partial charge in [-0.05, 0) is 49.5 Å². The van der Waals surface area contributed by atoms with Crippen LogP contribution in [0.15, 0.2) is 27.4 Å². The minimum absolute atomic E-state index is 0.349. The van der Waals surface area contributed by atoms with E-state index in [1.807, 2.05) is 6.07 Å². The predicted octanol–water partition coefficient (Wildman–Crippen LogP) is 2.39. The van der Waals surface area contributed by atoms with Crippen molar-refractivity contribution in [3.8, 4) is 6.07 Å². The first-order valence-corrected chi connectivity index (χ1v) is 9.29. The van der Waals surface area contributed by atoms with E-state index < -0.39 is 17.5 Å². The number of fused-ring (bicyclic) bond motifs is 2. The van der Waals surface area contributed by atoms with Crippen molar-refractivity contribution in [2.75, 3.05) is 25.0 Å². The maximum atomic E-state index is 12.5. The lowest BCUT2D eigenvalue weighted by atomic mass is 9.90. The summed E-state index contributed by atoms with van der Waals surface area (Å²) in [7, 11) is 1.48. The van der Waals surface area contributed by atoms with Gasteiger partial charge in [-0.2, -0.15) is 5.26 Å². The van der Waals surface area contributed by atoms with Crippen LogP contribution in [0, 0.1) is 17.2 Å². The molecule has 3 heterocycles. The van der Waals surface area contributed by atoms with Crippen molar-refractivity contribution in [3.05, 3.63) is 45.3 Å². The van der Waals surface area contributed by atoms with Crippen LogP contribution in [-0.4, -0.2) is 26.0 Å². The number of hydrogen-bond acceptors (Lipinski definition) is 5. The molecule has 2 aromatic rings. The number of hydrogen-bond donors (Lipinski definition) is 1. The van der Waals surface area contributed by atoms with E-state index >= 15 is 0 Å². The van der Waals surface area contributed by atoms with E-state index in [-0.39, 0.29) is 0 Å². The highest BCUT2D eigenvalue weighted by Crippen LogP contribution is 2.39. The molecule has 1 atom stereocenters. The molecular formula is C21H21N3O3. The number of carbonyl (C=O) groups excluding carboxylic acids is 1. The van der Waals surface area contributed by atoms with Crippen LogP contribution in [0.4, 0.5) is 5.69 Å². The maximum absolute atomic E-state index is 12.5. The van der Waals surface area contributed by atoms with Gasteiger partial charge in [-0.3, -0.25) is 4.79 Å². The maximum Gasteiger partial charge on any atom is 0.343 e. The first-order valence-electron chi connectivity index (χ1n) is 9.29. The fourth-order valence-corrected chi connectivity index (χ4v) is 4.12. The van der Waals surface area contributed by atoms with Crippen molar-refractivity contribution in [2.24, 2.45) is 5.92 Å². The Bertz CT molecular complexity index is 1040. The normalized spacial score (nSPS) is 16.8. The van der Waals surface area contributed by atoms with Crippen LogP contribution >= 0.6 is 0 Å². The summed E-state index contributed by atoms with van der Waals surface area (Å²) < 4.78 is 5.70. The standard InChI is InChI=1S/C21H21N3O3/c1-23-20(25)15(12-22)7-6-14-11-16-10-13-4-2-8-24-9-3-5-17(18(13)24)19(16)27-21(14)26/h6-7,10-11,15H,2-5,8-9H2,1H3,(H,23,25)/b7-6+. The SMILES string of the molecule is CNC(=O)C(C#N)/C=C/c1cc2cc3c4c(c2oc1=O)CCCN4CCC3. The molecule has 1 aromatic heterocycles. The van der Waals surface area contributed by atoms with Gasteiger partial charge in [-0.25, -0.2) is 4.79 Å². The molecule has 6 heteroatoms. The summed E-state index contributed by atoms with van der Waals surface area (Å²) in [6.45, 7) is 2.12. The van der Waals surface area contributed by atoms with Crippen LogP contribution in [0.1, 0.15) is 29.5 Å². The number of carbonyl (C=O) groups is 1. The van der Waals surface area contributed by atoms with E-state index in [0.717, 1.165) is 49.7 Å². The van der Waals surface area contributed by atoms with Gasteiger partial charge in [0.1, 0.15) is 11.5 Å². The minimum Gasteiger partial charge on any atom is -0.422 e. The van der Waals surface area contributed by atoms with Crippen molar-refractivity contribution in [3.63, 3.8) is 0 Å². The molecule has 27 heavy (non-hydrogen) atoms. The summed E-state index contributed by atoms with van der Waals surface area (Å²) in [5.74, 6) is -1.35. The second-order valence-electron chi connectivity index (χ2n) is 7.04. The molecule has 1 amide bonds. The fraction of sp³-hybridized carbons (Fsp3) is 0.381. The molecule has 2 aliphatic rings. The van der Waals surface area contributed by atoms with Crippen molar-refractivity contribution in [1.29, 1.82) is 5.26 Å². The van der Waals surface area contributed by atoms with E-state index in [9.17, 15) is 9.59 Å². The molecule has 1 unspecified atom stereocenters. The Morgan fingerprint density at radius 3 is 2.85 bits per heavy atom. The zero-order valence-electron chi connectivity index (χ0n) is 15.2. The molecule has 0 aliphatic carbocycles. The van der Waals surface area contributed by atoms with Gasteiger partial charge in [0.05, 0.1) is 11.6 Å². The largest absolute Gasteiger partial charge is 0.422 e. The molecule has 1 aromatic carbocycles. The summed E-state index contributed by atoms with van der Waals surface area (Å²) in [5.41, 5.74) is 4.29. The first-order chi connectivity index (χ1) is 13.1. The second kappa shape index (κ2) is 6.92. The zero-order chi connectivity index (χ0) is 19.0. The number of nitriles is 1. The van der Waals surface area contributed by atoms with Gasteiger partial charge in [0, 0.05) is 36.8 Å². The highest BCUT2D eigenvalue weighted by Gasteiger charge is 2.27. The summed E-state index contributed by atoms with van der Waals surface area (Å²) in [6.07, 6.45) is 7.09. The van der Waals surface area contributed by atoms with E-state index in [0.29, 0.717) is 11.1 Å². The predicted molar refractivity (Wildman–Crippen MR) is 104 cm³/mol. The number of benzene rings is 1. The lowest BCUT2D eigenvalue weighted by Gasteiger charge is -2.37. The second-order valence-corrected chi connectivity index (χ2v) is 7.04. The Labute approximate surface area is 157 Å². The lowest BCUT2D eigenvalue weighted by Crippen LogP contribution is -2.34. The number of nitrogens with zero attached hydrogens (tertiary/aromatic N) is 2. The number of amides is 1. The number of anilines is 1. The summed E-state index contributed by atoms with van der Waals surface area (Å²) in [4.78, 5) is 26.6. The lowest BCUT2D eigenvalue weighted by molar-refractivity contribution is -0.121. The van der Waals surface area contributed by atoms with E-state index in [1.165, 1.54) is 30.5 Å². The van der Waals surface area contributed by atoms with Gasteiger partial charge in [-0.15, -0.1) is 0 Å². The molecule has 0 saturated heterocycles. The number of aryl methyl sites for hydroxylation is 2. The van der Waals surface area contributed by atoms with Crippen molar-refractivity contribution in [1.82, 2.24) is 5.32 Å². The van der Waals surface area contributed by atoms with Gasteiger partial charge < -0.3 is 14.6 Å². The van der Waals surface area contributed by atoms with E-state index in [2.05, 4.69) is 16.3 Å². The monoisotopic (exact) mass is 363 g/mol. The molecule has 0 spiro atoms. The summed E-state index contributed by atoms with van der Waals surface area (Å²) in [5, 5.41) is 12.5. The smallest absolute Gasteiger partial charge is 0.343 e. The topological polar surface area (TPSA) is 86.3 Å². The quantitative estimate of drug-likeness (QED) is 0.846. The fourth-order valence-electron chi connectivity index (χ4n) is 4.12. The van der Waals surface area contributed by atoms with Crippen molar-refractivity contribution in [2.45, 2.75) is 25.7 Å². The van der Waals surface area contributed by atoms with Crippen LogP contribution < -0.4 is 15.8 Å². The van der Waals surface area contributed by atoms with Crippen molar-refractivity contribution < 1.29 is 9.21 Å². The van der Waals surface area contributed by atoms with Gasteiger partial charge in [-0.1, -0.05) is 6.08 Å². The third-order valence-electron chi connectivity index (χ3n) is 5.38. The van der Waals surface area contributed by atoms with Crippen LogP contribution in [-0.2, 0) is 17.6 Å². The van der Waals surface area contributed by atoms with Gasteiger partial charge in [0.25, 0.3) is 0 Å². The molecular weight excluding hydrogens is 342 g/mol. The van der Waals surface area contributed by atoms with Crippen LogP contribution in [0.3, 0.4) is 0 Å². The van der Waals surface area contributed by atoms with E-state index in [1.54, 1.807) is 6.07 Å². The summed E-state index contributed by atoms with van der Waals surface area (Å²) >= 11 is 0. The van der Waals surface area contributed by atoms with Crippen LogP contribution in [0.2, 0.25) is 0 Å². The average molecular weight is 363 g/mol. The molecule has 0 saturated carbocycles. The van der Waals surface area contributed by atoms with Crippen LogP contribution in [0.5, 0.6) is 0 Å². The van der Waals surface area contributed by atoms with E-state index in [4.69, 9.17) is 9.68 Å². The van der Waals surface area contributed by atoms with Gasteiger partial charge >= 0.3 is 5.63 Å². The van der Waals surface area contributed by atoms with Gasteiger partial charge in [0.15, 0.2) is 0 Å². The Morgan fingerprint density at radius 1 is 1.33 bits per heavy atom. The number of nitrogens with one attached hydrogen (secondary N) is 1. The molecule has 138 valence electrons. The Morgan fingerprint density at radius 2 is 2.11 bits per heavy atom. The van der Waals surface area contributed by atoms with Gasteiger partial charge in [0.2, 0.25) is 5.91 Å². The third kappa shape index (κ3) is 2.99. The molecule has 0 fully saturated rings. The van der Waals surface area contributed by atoms with Crippen LogP contribution in [0.25, 0.3) is 17.0 Å². The Kier molecular flexibility index (Phi) is 4.44. The molecule has 6 nitrogen and oxygen atoms in total. The zero-order valence-corrected chi connectivity index (χ0v) is 15.2. The summed E-state index contributed by atoms with van der Waals surface area (Å²) in [6, 6.07) is 5.84. The first kappa shape index (κ1) is 17.3. The highest BCUT2D eigenvalue weighted by atomic mass is 16.4. The molecule has 2 aliphatic heterocycles. The average Bonchev–Trinajstić information content (AvgIpc) is 2.69. The third-order valence-corrected chi connectivity index (χ3v) is 5.38. The number of rotatable bonds is 3. The molecule has 0 radical (unpaired) electrons. The Hall–Kier alpha value is -3.07. The Balaban J connectivity index is 1.81. The molecule has 1 N–H and O–H groups in total. The minimum atomic E-state index is -0.941. The molecule has 0 bridgehead atoms. The highest BCUT2D eigenvalue weighted by molar-refractivity contribution is 5.90. The van der Waals surface area contributed by atoms with Crippen molar-refractivity contribution >= 4 is 28.6 Å². The molecule has 4 rings (SSSR count).